The fraction of sp³-hybridized carbons (Fsp3) is 0.536. The Bertz CT molecular complexity index is 1230. The van der Waals surface area contributed by atoms with Gasteiger partial charge in [-0.25, -0.2) is 4.79 Å². The maximum Gasteiger partial charge on any atom is 0.331 e. The summed E-state index contributed by atoms with van der Waals surface area (Å²) in [5.74, 6) is -4.37. The Hall–Kier alpha value is -3.45. The molecule has 256 valence electrons. The maximum atomic E-state index is 13.5. The molecule has 0 bridgehead atoms. The molecule has 46 heavy (non-hydrogen) atoms. The van der Waals surface area contributed by atoms with Crippen LogP contribution in [0, 0.1) is 56.0 Å². The number of carbonyl (C=O) groups is 5. The third kappa shape index (κ3) is 16.2. The molecule has 0 aromatic heterocycles. The van der Waals surface area contributed by atoms with E-state index in [-0.39, 0.29) is 136 Å². The smallest absolute Gasteiger partial charge is 0.331 e. The van der Waals surface area contributed by atoms with Crippen molar-refractivity contribution in [2.24, 2.45) is 5.92 Å². The number of nitro benzene ring substituents is 1. The van der Waals surface area contributed by atoms with Crippen LogP contribution in [0.3, 0.4) is 0 Å². The molecule has 17 nitrogen and oxygen atoms in total. The number of non-ortho nitro benzene ring substituents is 1. The van der Waals surface area contributed by atoms with Gasteiger partial charge in [-0.05, 0) is 18.1 Å². The molecular formula is C28H40GdN6O11. The summed E-state index contributed by atoms with van der Waals surface area (Å²) in [7, 11) is 0. The Morgan fingerprint density at radius 1 is 0.804 bits per heavy atom. The molecule has 1 aromatic rings. The number of carboxylic acid groups (broad SMARTS) is 3. The molecule has 3 N–H and O–H groups in total. The summed E-state index contributed by atoms with van der Waals surface area (Å²) in [6, 6.07) is 4.94. The van der Waals surface area contributed by atoms with Gasteiger partial charge in [-0.1, -0.05) is 13.8 Å². The number of hydrogen-bond donors (Lipinski definition) is 3. The van der Waals surface area contributed by atoms with Crippen molar-refractivity contribution in [1.82, 2.24) is 24.5 Å². The molecule has 0 saturated carbocycles. The van der Waals surface area contributed by atoms with E-state index in [1.165, 1.54) is 51.4 Å². The molecule has 1 aliphatic heterocycles. The first-order valence-electron chi connectivity index (χ1n) is 14.2. The minimum absolute atomic E-state index is 0. The van der Waals surface area contributed by atoms with Gasteiger partial charge in [0, 0.05) is 110 Å². The molecule has 0 fully saturated rings. The third-order valence-electron chi connectivity index (χ3n) is 6.56. The van der Waals surface area contributed by atoms with Gasteiger partial charge >= 0.3 is 23.9 Å². The van der Waals surface area contributed by atoms with Crippen LogP contribution < -0.4 is 4.74 Å². The van der Waals surface area contributed by atoms with Gasteiger partial charge in [0.2, 0.25) is 5.91 Å². The number of carbonyl (C=O) groups excluding carboxylic acids is 2. The van der Waals surface area contributed by atoms with Crippen molar-refractivity contribution in [3.63, 3.8) is 0 Å². The summed E-state index contributed by atoms with van der Waals surface area (Å²) < 4.78 is 5.29. The Kier molecular flexibility index (Phi) is 18.2. The van der Waals surface area contributed by atoms with Crippen LogP contribution in [0.1, 0.15) is 13.8 Å². The normalized spacial score (nSPS) is 15.5. The summed E-state index contributed by atoms with van der Waals surface area (Å²) in [5, 5.41) is 38.9. The Labute approximate surface area is 298 Å². The van der Waals surface area contributed by atoms with E-state index >= 15 is 0 Å². The van der Waals surface area contributed by atoms with Crippen LogP contribution >= 0.6 is 0 Å². The number of benzene rings is 1. The second-order valence-corrected chi connectivity index (χ2v) is 10.9. The molecule has 0 atom stereocenters. The number of ether oxygens (including phenoxy) is 1. The Balaban J connectivity index is 0.0000106. The van der Waals surface area contributed by atoms with Crippen molar-refractivity contribution in [3.8, 4) is 5.75 Å². The van der Waals surface area contributed by atoms with Crippen molar-refractivity contribution in [2.75, 3.05) is 78.5 Å². The van der Waals surface area contributed by atoms with Crippen molar-refractivity contribution in [1.29, 1.82) is 0 Å². The summed E-state index contributed by atoms with van der Waals surface area (Å²) in [6.07, 6.45) is 2.91. The van der Waals surface area contributed by atoms with E-state index in [1.54, 1.807) is 9.80 Å². The molecule has 0 saturated heterocycles. The predicted molar refractivity (Wildman–Crippen MR) is 158 cm³/mol. The molecule has 0 aliphatic carbocycles. The number of esters is 1. The average Bonchev–Trinajstić information content (AvgIpc) is 2.93. The first-order chi connectivity index (χ1) is 21.2. The van der Waals surface area contributed by atoms with Crippen molar-refractivity contribution < 1.29 is 88.9 Å². The fourth-order valence-electron chi connectivity index (χ4n) is 4.44. The van der Waals surface area contributed by atoms with Gasteiger partial charge in [0.05, 0.1) is 18.0 Å². The number of hydrogen-bond acceptors (Lipinski definition) is 12. The van der Waals surface area contributed by atoms with Crippen LogP contribution in [0.25, 0.3) is 0 Å². The van der Waals surface area contributed by atoms with Crippen LogP contribution in [-0.4, -0.2) is 153 Å². The number of rotatable bonds is 14. The topological polar surface area (TPSA) is 215 Å². The van der Waals surface area contributed by atoms with Crippen LogP contribution in [0.15, 0.2) is 36.7 Å². The average molecular weight is 794 g/mol. The van der Waals surface area contributed by atoms with Gasteiger partial charge in [-0.15, -0.1) is 0 Å². The van der Waals surface area contributed by atoms with Crippen LogP contribution in [-0.2, 0) is 24.0 Å². The molecule has 2 rings (SSSR count). The largest absolute Gasteiger partial charge is 0.480 e. The van der Waals surface area contributed by atoms with Crippen molar-refractivity contribution >= 4 is 35.5 Å². The van der Waals surface area contributed by atoms with Crippen molar-refractivity contribution in [2.45, 2.75) is 13.8 Å². The first-order valence-corrected chi connectivity index (χ1v) is 14.2. The SMILES string of the molecule is CC(C)CN(CC(=O)Oc1ccc([N+](=O)[O-])cc1)C(=O)CN1CCN(CC(=O)O)/C=C\N(CC(=O)O)CCN(CC(=O)O)CC1.[Gd]. The summed E-state index contributed by atoms with van der Waals surface area (Å²) >= 11 is 0. The standard InChI is InChI=1S/C28H40N6O11.Gd/c1-21(2)15-33(20-28(42)45-23-5-3-22(4-6-23)34(43)44)24(35)16-29-7-9-30(17-25(36)37)11-13-32(19-27(40)41)14-12-31(10-8-29)18-26(38)39;/h3-6,11,13,21H,7-10,12,14-20H2,1-2H3,(H,36,37)(H,38,39)(H,40,41);/b13-11-;. The second kappa shape index (κ2) is 20.6. The number of amides is 1. The van der Waals surface area contributed by atoms with E-state index in [0.717, 1.165) is 0 Å². The molecule has 1 heterocycles. The molecular weight excluding hydrogens is 754 g/mol. The zero-order valence-electron chi connectivity index (χ0n) is 25.7. The van der Waals surface area contributed by atoms with E-state index in [4.69, 9.17) is 4.74 Å². The molecule has 1 aliphatic rings. The third-order valence-corrected chi connectivity index (χ3v) is 6.56. The van der Waals surface area contributed by atoms with Crippen LogP contribution in [0.2, 0.25) is 0 Å². The molecule has 1 amide bonds. The molecule has 0 spiro atoms. The number of carboxylic acids is 3. The Morgan fingerprint density at radius 2 is 1.26 bits per heavy atom. The first kappa shape index (κ1) is 40.6. The maximum absolute atomic E-state index is 13.5. The Morgan fingerprint density at radius 3 is 1.70 bits per heavy atom. The summed E-state index contributed by atoms with van der Waals surface area (Å²) in [5.41, 5.74) is -0.172. The zero-order valence-corrected chi connectivity index (χ0v) is 27.9. The van der Waals surface area contributed by atoms with Crippen LogP contribution in [0.4, 0.5) is 5.69 Å². The summed E-state index contributed by atoms with van der Waals surface area (Å²) in [6.45, 7) is 3.51. The van der Waals surface area contributed by atoms with E-state index in [2.05, 4.69) is 0 Å². The van der Waals surface area contributed by atoms with E-state index < -0.39 is 34.7 Å². The number of aliphatic carboxylic acids is 3. The van der Waals surface area contributed by atoms with Gasteiger partial charge < -0.3 is 34.8 Å². The zero-order chi connectivity index (χ0) is 33.5. The minimum atomic E-state index is -1.11. The van der Waals surface area contributed by atoms with Gasteiger partial charge in [0.1, 0.15) is 25.4 Å². The number of nitrogens with zero attached hydrogens (tertiary/aromatic N) is 6. The van der Waals surface area contributed by atoms with E-state index in [0.29, 0.717) is 0 Å². The van der Waals surface area contributed by atoms with Gasteiger partial charge in [0.25, 0.3) is 5.69 Å². The van der Waals surface area contributed by atoms with Crippen molar-refractivity contribution in [3.05, 3.63) is 46.8 Å². The number of nitro groups is 1. The monoisotopic (exact) mass is 794 g/mol. The molecule has 0 unspecified atom stereocenters. The van der Waals surface area contributed by atoms with Gasteiger partial charge in [0.15, 0.2) is 0 Å². The minimum Gasteiger partial charge on any atom is -0.480 e. The molecule has 1 aromatic carbocycles. The fourth-order valence-corrected chi connectivity index (χ4v) is 4.44. The quantitative estimate of drug-likeness (QED) is 0.0974. The van der Waals surface area contributed by atoms with E-state index in [1.807, 2.05) is 13.8 Å². The van der Waals surface area contributed by atoms with Gasteiger partial charge in [-0.3, -0.25) is 39.1 Å². The molecule has 0 radical (unpaired) electrons. The van der Waals surface area contributed by atoms with Crippen LogP contribution in [0.5, 0.6) is 5.75 Å². The predicted octanol–water partition coefficient (Wildman–Crippen LogP) is -0.0686. The van der Waals surface area contributed by atoms with Gasteiger partial charge in [-0.2, -0.15) is 0 Å². The summed E-state index contributed by atoms with van der Waals surface area (Å²) in [4.78, 5) is 78.5. The second-order valence-electron chi connectivity index (χ2n) is 10.9. The van der Waals surface area contributed by atoms with E-state index in [9.17, 15) is 49.4 Å². The molecule has 18 heteroatoms.